The molecule has 1 saturated heterocycles. The predicted octanol–water partition coefficient (Wildman–Crippen LogP) is 1.88. The summed E-state index contributed by atoms with van der Waals surface area (Å²) < 4.78 is 0. The van der Waals surface area contributed by atoms with Gasteiger partial charge in [0.25, 0.3) is 0 Å². The van der Waals surface area contributed by atoms with Crippen LogP contribution in [0.5, 0.6) is 0 Å². The Kier molecular flexibility index (Phi) is 4.64. The van der Waals surface area contributed by atoms with Crippen LogP contribution in [0.4, 0.5) is 0 Å². The van der Waals surface area contributed by atoms with E-state index in [0.717, 1.165) is 12.8 Å². The maximum atomic E-state index is 11.9. The molecule has 21 heavy (non-hydrogen) atoms. The summed E-state index contributed by atoms with van der Waals surface area (Å²) in [7, 11) is 0. The van der Waals surface area contributed by atoms with Gasteiger partial charge in [-0.25, -0.2) is 4.79 Å². The van der Waals surface area contributed by atoms with Crippen molar-refractivity contribution >= 4 is 5.97 Å². The highest BCUT2D eigenvalue weighted by Crippen LogP contribution is 2.34. The Morgan fingerprint density at radius 1 is 1.43 bits per heavy atom. The van der Waals surface area contributed by atoms with Crippen LogP contribution in [0.15, 0.2) is 24.5 Å². The SMILES string of the molecule is CC(C)(C)C(=O)ON1CCC(CN)(c2cccnc2)CC1. The number of hydroxylamine groups is 2. The first-order valence-corrected chi connectivity index (χ1v) is 7.45. The van der Waals surface area contributed by atoms with Crippen LogP contribution in [0.2, 0.25) is 0 Å². The van der Waals surface area contributed by atoms with Crippen molar-refractivity contribution in [2.75, 3.05) is 19.6 Å². The molecule has 5 nitrogen and oxygen atoms in total. The average Bonchev–Trinajstić information content (AvgIpc) is 2.48. The third-order valence-corrected chi connectivity index (χ3v) is 4.17. The minimum absolute atomic E-state index is 0.0566. The molecule has 0 aromatic carbocycles. The predicted molar refractivity (Wildman–Crippen MR) is 81.3 cm³/mol. The molecule has 1 aliphatic heterocycles. The highest BCUT2D eigenvalue weighted by atomic mass is 16.7. The first-order chi connectivity index (χ1) is 9.87. The van der Waals surface area contributed by atoms with Crippen LogP contribution >= 0.6 is 0 Å². The van der Waals surface area contributed by atoms with E-state index in [9.17, 15) is 4.79 Å². The standard InChI is InChI=1S/C16H25N3O2/c1-15(2,3)14(20)21-19-9-6-16(12-17,7-10-19)13-5-4-8-18-11-13/h4-5,8,11H,6-7,9-10,12,17H2,1-3H3. The third-order valence-electron chi connectivity index (χ3n) is 4.17. The van der Waals surface area contributed by atoms with Gasteiger partial charge in [-0.3, -0.25) is 4.98 Å². The molecule has 0 unspecified atom stereocenters. The first kappa shape index (κ1) is 15.9. The van der Waals surface area contributed by atoms with Crippen LogP contribution in [0.25, 0.3) is 0 Å². The number of nitrogens with two attached hydrogens (primary N) is 1. The molecular weight excluding hydrogens is 266 g/mol. The fraction of sp³-hybridized carbons (Fsp3) is 0.625. The smallest absolute Gasteiger partial charge is 0.330 e. The van der Waals surface area contributed by atoms with Crippen molar-refractivity contribution in [3.63, 3.8) is 0 Å². The summed E-state index contributed by atoms with van der Waals surface area (Å²) in [5.74, 6) is -0.191. The molecule has 2 heterocycles. The Bertz CT molecular complexity index is 474. The number of carbonyl (C=O) groups is 1. The molecular formula is C16H25N3O2. The molecule has 0 amide bonds. The summed E-state index contributed by atoms with van der Waals surface area (Å²) in [6.07, 6.45) is 5.40. The van der Waals surface area contributed by atoms with Gasteiger partial charge in [-0.15, -0.1) is 5.06 Å². The second-order valence-corrected chi connectivity index (χ2v) is 6.78. The fourth-order valence-electron chi connectivity index (χ4n) is 2.55. The normalized spacial score (nSPS) is 19.2. The van der Waals surface area contributed by atoms with Gasteiger partial charge in [0.15, 0.2) is 0 Å². The van der Waals surface area contributed by atoms with E-state index < -0.39 is 5.41 Å². The number of piperidine rings is 1. The van der Waals surface area contributed by atoms with Gasteiger partial charge in [0.1, 0.15) is 0 Å². The lowest BCUT2D eigenvalue weighted by Crippen LogP contribution is -2.48. The van der Waals surface area contributed by atoms with E-state index in [0.29, 0.717) is 19.6 Å². The Balaban J connectivity index is 2.00. The van der Waals surface area contributed by atoms with E-state index in [1.54, 1.807) is 11.3 Å². The fourth-order valence-corrected chi connectivity index (χ4v) is 2.55. The van der Waals surface area contributed by atoms with Crippen molar-refractivity contribution in [2.45, 2.75) is 39.0 Å². The minimum atomic E-state index is -0.480. The van der Waals surface area contributed by atoms with Crippen LogP contribution in [0.3, 0.4) is 0 Å². The van der Waals surface area contributed by atoms with Gasteiger partial charge >= 0.3 is 5.97 Å². The number of aromatic nitrogens is 1. The molecule has 0 saturated carbocycles. The van der Waals surface area contributed by atoms with Crippen LogP contribution in [0.1, 0.15) is 39.2 Å². The maximum absolute atomic E-state index is 11.9. The largest absolute Gasteiger partial charge is 0.367 e. The molecule has 0 aliphatic carbocycles. The summed E-state index contributed by atoms with van der Waals surface area (Å²) in [4.78, 5) is 21.6. The molecule has 5 heteroatoms. The quantitative estimate of drug-likeness (QED) is 0.921. The lowest BCUT2D eigenvalue weighted by Gasteiger charge is -2.40. The Morgan fingerprint density at radius 3 is 2.57 bits per heavy atom. The lowest BCUT2D eigenvalue weighted by atomic mass is 9.74. The number of carbonyl (C=O) groups excluding carboxylic acids is 1. The van der Waals surface area contributed by atoms with E-state index in [1.165, 1.54) is 5.56 Å². The summed E-state index contributed by atoms with van der Waals surface area (Å²) in [6, 6.07) is 4.02. The van der Waals surface area contributed by atoms with Gasteiger partial charge in [-0.2, -0.15) is 0 Å². The van der Waals surface area contributed by atoms with Crippen LogP contribution in [0, 0.1) is 5.41 Å². The van der Waals surface area contributed by atoms with Crippen molar-refractivity contribution in [3.05, 3.63) is 30.1 Å². The monoisotopic (exact) mass is 291 g/mol. The number of pyridine rings is 1. The summed E-state index contributed by atoms with van der Waals surface area (Å²) in [5.41, 5.74) is 6.67. The second kappa shape index (κ2) is 6.12. The number of rotatable bonds is 3. The van der Waals surface area contributed by atoms with E-state index in [4.69, 9.17) is 10.6 Å². The molecule has 0 spiro atoms. The molecule has 1 aliphatic rings. The van der Waals surface area contributed by atoms with Gasteiger partial charge in [0.05, 0.1) is 5.41 Å². The van der Waals surface area contributed by atoms with Gasteiger partial charge in [-0.05, 0) is 45.2 Å². The Hall–Kier alpha value is -1.46. The molecule has 116 valence electrons. The van der Waals surface area contributed by atoms with Crippen molar-refractivity contribution in [3.8, 4) is 0 Å². The van der Waals surface area contributed by atoms with Crippen molar-refractivity contribution in [1.82, 2.24) is 10.0 Å². The van der Waals surface area contributed by atoms with E-state index in [2.05, 4.69) is 11.1 Å². The molecule has 2 rings (SSSR count). The van der Waals surface area contributed by atoms with Gasteiger partial charge in [0, 0.05) is 37.4 Å². The van der Waals surface area contributed by atoms with Crippen LogP contribution < -0.4 is 5.73 Å². The van der Waals surface area contributed by atoms with Crippen LogP contribution in [-0.2, 0) is 15.0 Å². The molecule has 0 radical (unpaired) electrons. The Morgan fingerprint density at radius 2 is 2.10 bits per heavy atom. The zero-order valence-electron chi connectivity index (χ0n) is 13.1. The Labute approximate surface area is 126 Å². The first-order valence-electron chi connectivity index (χ1n) is 7.45. The lowest BCUT2D eigenvalue weighted by molar-refractivity contribution is -0.206. The van der Waals surface area contributed by atoms with E-state index >= 15 is 0 Å². The van der Waals surface area contributed by atoms with Crippen molar-refractivity contribution in [1.29, 1.82) is 0 Å². The third kappa shape index (κ3) is 3.60. The summed E-state index contributed by atoms with van der Waals surface area (Å²) in [5, 5.41) is 1.76. The van der Waals surface area contributed by atoms with Crippen LogP contribution in [-0.4, -0.2) is 35.7 Å². The molecule has 2 N–H and O–H groups in total. The zero-order chi connectivity index (χ0) is 15.5. The van der Waals surface area contributed by atoms with Gasteiger partial charge < -0.3 is 10.6 Å². The average molecular weight is 291 g/mol. The number of hydrogen-bond donors (Lipinski definition) is 1. The highest BCUT2D eigenvalue weighted by molar-refractivity contribution is 5.75. The van der Waals surface area contributed by atoms with Crippen molar-refractivity contribution in [2.24, 2.45) is 11.1 Å². The second-order valence-electron chi connectivity index (χ2n) is 6.78. The maximum Gasteiger partial charge on any atom is 0.330 e. The summed E-state index contributed by atoms with van der Waals surface area (Å²) >= 11 is 0. The van der Waals surface area contributed by atoms with Gasteiger partial charge in [-0.1, -0.05) is 6.07 Å². The van der Waals surface area contributed by atoms with Crippen molar-refractivity contribution < 1.29 is 9.63 Å². The number of hydrogen-bond acceptors (Lipinski definition) is 5. The van der Waals surface area contributed by atoms with Gasteiger partial charge in [0.2, 0.25) is 0 Å². The van der Waals surface area contributed by atoms with E-state index in [1.807, 2.05) is 33.0 Å². The summed E-state index contributed by atoms with van der Waals surface area (Å²) in [6.45, 7) is 7.57. The van der Waals surface area contributed by atoms with E-state index in [-0.39, 0.29) is 11.4 Å². The molecule has 1 aromatic heterocycles. The zero-order valence-corrected chi connectivity index (χ0v) is 13.1. The highest BCUT2D eigenvalue weighted by Gasteiger charge is 2.37. The molecule has 1 fully saturated rings. The molecule has 0 bridgehead atoms. The minimum Gasteiger partial charge on any atom is -0.367 e. The molecule has 1 aromatic rings. The molecule has 0 atom stereocenters. The number of nitrogens with zero attached hydrogens (tertiary/aromatic N) is 2. The topological polar surface area (TPSA) is 68.5 Å².